The molecule has 0 aliphatic heterocycles. The molecule has 0 saturated carbocycles. The van der Waals surface area contributed by atoms with Crippen molar-refractivity contribution in [1.82, 2.24) is 0 Å². The van der Waals surface area contributed by atoms with E-state index in [1.807, 2.05) is 6.92 Å². The summed E-state index contributed by atoms with van der Waals surface area (Å²) in [6.07, 6.45) is 5.79. The van der Waals surface area contributed by atoms with Gasteiger partial charge in [-0.15, -0.1) is 6.42 Å². The first-order chi connectivity index (χ1) is 7.71. The molecular formula is C13H14O3. The number of ether oxygens (including phenoxy) is 2. The molecule has 0 unspecified atom stereocenters. The number of rotatable bonds is 4. The lowest BCUT2D eigenvalue weighted by molar-refractivity contribution is 0.0600. The molecule has 0 amide bonds. The molecule has 0 bridgehead atoms. The summed E-state index contributed by atoms with van der Waals surface area (Å²) in [4.78, 5) is 11.2. The van der Waals surface area contributed by atoms with Crippen LogP contribution in [0.3, 0.4) is 0 Å². The molecule has 3 heteroatoms. The smallest absolute Gasteiger partial charge is 0.337 e. The van der Waals surface area contributed by atoms with Crippen LogP contribution in [0.4, 0.5) is 0 Å². The maximum atomic E-state index is 11.2. The quantitative estimate of drug-likeness (QED) is 0.574. The highest BCUT2D eigenvalue weighted by Crippen LogP contribution is 2.15. The number of esters is 1. The molecule has 16 heavy (non-hydrogen) atoms. The number of terminal acetylenes is 1. The highest BCUT2D eigenvalue weighted by atomic mass is 16.5. The van der Waals surface area contributed by atoms with E-state index in [1.165, 1.54) is 7.11 Å². The normalized spacial score (nSPS) is 11.3. The van der Waals surface area contributed by atoms with Gasteiger partial charge in [0, 0.05) is 0 Å². The summed E-state index contributed by atoms with van der Waals surface area (Å²) in [7, 11) is 1.35. The first kappa shape index (κ1) is 12.1. The van der Waals surface area contributed by atoms with E-state index in [-0.39, 0.29) is 12.1 Å². The van der Waals surface area contributed by atoms with Crippen molar-refractivity contribution in [3.8, 4) is 18.1 Å². The molecule has 0 heterocycles. The van der Waals surface area contributed by atoms with Crippen LogP contribution in [0.25, 0.3) is 0 Å². The fourth-order valence-corrected chi connectivity index (χ4v) is 1.19. The predicted octanol–water partition coefficient (Wildman–Crippen LogP) is 2.26. The van der Waals surface area contributed by atoms with Crippen LogP contribution in [0.1, 0.15) is 23.7 Å². The van der Waals surface area contributed by atoms with Crippen LogP contribution in [0.5, 0.6) is 5.75 Å². The SMILES string of the molecule is C#C[C@H](CC)Oc1ccc(C(=O)OC)cc1. The Kier molecular flexibility index (Phi) is 4.41. The Balaban J connectivity index is 2.72. The van der Waals surface area contributed by atoms with Crippen LogP contribution in [0.2, 0.25) is 0 Å². The molecule has 0 saturated heterocycles. The summed E-state index contributed by atoms with van der Waals surface area (Å²) in [5.41, 5.74) is 0.489. The van der Waals surface area contributed by atoms with Crippen LogP contribution < -0.4 is 4.74 Å². The summed E-state index contributed by atoms with van der Waals surface area (Å²) in [5, 5.41) is 0. The third kappa shape index (κ3) is 3.03. The summed E-state index contributed by atoms with van der Waals surface area (Å²) in [6, 6.07) is 6.69. The average molecular weight is 218 g/mol. The molecule has 0 fully saturated rings. The molecule has 0 aliphatic rings. The number of carbonyl (C=O) groups excluding carboxylic acids is 1. The molecule has 0 aliphatic carbocycles. The Bertz CT molecular complexity index is 387. The lowest BCUT2D eigenvalue weighted by atomic mass is 10.2. The van der Waals surface area contributed by atoms with Gasteiger partial charge in [0.2, 0.25) is 0 Å². The van der Waals surface area contributed by atoms with Crippen LogP contribution in [-0.2, 0) is 4.74 Å². The lowest BCUT2D eigenvalue weighted by Crippen LogP contribution is -2.12. The van der Waals surface area contributed by atoms with E-state index in [9.17, 15) is 4.79 Å². The summed E-state index contributed by atoms with van der Waals surface area (Å²) >= 11 is 0. The van der Waals surface area contributed by atoms with Gasteiger partial charge in [0.05, 0.1) is 12.7 Å². The Morgan fingerprint density at radius 3 is 2.50 bits per heavy atom. The minimum atomic E-state index is -0.365. The molecular weight excluding hydrogens is 204 g/mol. The second kappa shape index (κ2) is 5.82. The van der Waals surface area contributed by atoms with Gasteiger partial charge >= 0.3 is 5.97 Å². The minimum absolute atomic E-state index is 0.232. The lowest BCUT2D eigenvalue weighted by Gasteiger charge is -2.11. The molecule has 1 atom stereocenters. The van der Waals surface area contributed by atoms with Crippen molar-refractivity contribution in [2.45, 2.75) is 19.4 Å². The predicted molar refractivity (Wildman–Crippen MR) is 61.3 cm³/mol. The van der Waals surface area contributed by atoms with Crippen molar-refractivity contribution in [2.75, 3.05) is 7.11 Å². The van der Waals surface area contributed by atoms with Crippen LogP contribution in [0, 0.1) is 12.3 Å². The largest absolute Gasteiger partial charge is 0.478 e. The zero-order valence-electron chi connectivity index (χ0n) is 9.40. The van der Waals surface area contributed by atoms with E-state index >= 15 is 0 Å². The van der Waals surface area contributed by atoms with E-state index in [2.05, 4.69) is 10.7 Å². The van der Waals surface area contributed by atoms with Gasteiger partial charge in [-0.05, 0) is 30.7 Å². The summed E-state index contributed by atoms with van der Waals surface area (Å²) in [5.74, 6) is 2.82. The zero-order chi connectivity index (χ0) is 12.0. The number of hydrogen-bond donors (Lipinski definition) is 0. The third-order valence-corrected chi connectivity index (χ3v) is 2.11. The third-order valence-electron chi connectivity index (χ3n) is 2.11. The molecule has 1 aromatic carbocycles. The first-order valence-electron chi connectivity index (χ1n) is 5.02. The molecule has 1 aromatic rings. The average Bonchev–Trinajstić information content (AvgIpc) is 2.35. The van der Waals surface area contributed by atoms with Gasteiger partial charge in [0.1, 0.15) is 5.75 Å². The van der Waals surface area contributed by atoms with Gasteiger partial charge in [-0.3, -0.25) is 0 Å². The highest BCUT2D eigenvalue weighted by molar-refractivity contribution is 5.89. The highest BCUT2D eigenvalue weighted by Gasteiger charge is 2.07. The summed E-state index contributed by atoms with van der Waals surface area (Å²) < 4.78 is 10.1. The number of benzene rings is 1. The standard InChI is InChI=1S/C13H14O3/c1-4-11(5-2)16-12-8-6-10(7-9-12)13(14)15-3/h1,6-9,11H,5H2,2-3H3/t11-/m1/s1. The molecule has 0 N–H and O–H groups in total. The van der Waals surface area contributed by atoms with Crippen molar-refractivity contribution < 1.29 is 14.3 Å². The van der Waals surface area contributed by atoms with Gasteiger partial charge in [-0.25, -0.2) is 4.79 Å². The van der Waals surface area contributed by atoms with Gasteiger partial charge in [0.15, 0.2) is 6.10 Å². The van der Waals surface area contributed by atoms with Crippen molar-refractivity contribution in [3.63, 3.8) is 0 Å². The Labute approximate surface area is 95.4 Å². The Morgan fingerprint density at radius 2 is 2.06 bits per heavy atom. The van der Waals surface area contributed by atoms with Gasteiger partial charge in [-0.2, -0.15) is 0 Å². The topological polar surface area (TPSA) is 35.5 Å². The molecule has 84 valence electrons. The van der Waals surface area contributed by atoms with Gasteiger partial charge in [0.25, 0.3) is 0 Å². The summed E-state index contributed by atoms with van der Waals surface area (Å²) in [6.45, 7) is 1.95. The second-order valence-electron chi connectivity index (χ2n) is 3.20. The monoisotopic (exact) mass is 218 g/mol. The maximum absolute atomic E-state index is 11.2. The van der Waals surface area contributed by atoms with Crippen LogP contribution in [-0.4, -0.2) is 19.2 Å². The van der Waals surface area contributed by atoms with Gasteiger partial charge in [-0.1, -0.05) is 12.8 Å². The Morgan fingerprint density at radius 1 is 1.44 bits per heavy atom. The van der Waals surface area contributed by atoms with Crippen LogP contribution >= 0.6 is 0 Å². The van der Waals surface area contributed by atoms with Crippen molar-refractivity contribution >= 4 is 5.97 Å². The fraction of sp³-hybridized carbons (Fsp3) is 0.308. The van der Waals surface area contributed by atoms with Crippen LogP contribution in [0.15, 0.2) is 24.3 Å². The molecule has 0 spiro atoms. The van der Waals surface area contributed by atoms with Crippen molar-refractivity contribution in [1.29, 1.82) is 0 Å². The minimum Gasteiger partial charge on any atom is -0.478 e. The molecule has 1 rings (SSSR count). The van der Waals surface area contributed by atoms with E-state index in [0.29, 0.717) is 11.3 Å². The van der Waals surface area contributed by atoms with Crippen molar-refractivity contribution in [2.24, 2.45) is 0 Å². The number of hydrogen-bond acceptors (Lipinski definition) is 3. The second-order valence-corrected chi connectivity index (χ2v) is 3.20. The molecule has 0 radical (unpaired) electrons. The van der Waals surface area contributed by atoms with Crippen molar-refractivity contribution in [3.05, 3.63) is 29.8 Å². The van der Waals surface area contributed by atoms with E-state index in [4.69, 9.17) is 11.2 Å². The Hall–Kier alpha value is -1.95. The first-order valence-corrected chi connectivity index (χ1v) is 5.02. The van der Waals surface area contributed by atoms with E-state index < -0.39 is 0 Å². The number of carbonyl (C=O) groups is 1. The van der Waals surface area contributed by atoms with E-state index in [1.54, 1.807) is 24.3 Å². The molecule has 0 aromatic heterocycles. The van der Waals surface area contributed by atoms with Gasteiger partial charge < -0.3 is 9.47 Å². The number of methoxy groups -OCH3 is 1. The fourth-order valence-electron chi connectivity index (χ4n) is 1.19. The zero-order valence-corrected chi connectivity index (χ0v) is 9.40. The van der Waals surface area contributed by atoms with E-state index in [0.717, 1.165) is 6.42 Å². The molecule has 3 nitrogen and oxygen atoms in total. The maximum Gasteiger partial charge on any atom is 0.337 e.